The van der Waals surface area contributed by atoms with E-state index in [-0.39, 0.29) is 24.5 Å². The third kappa shape index (κ3) is 4.71. The van der Waals surface area contributed by atoms with Crippen molar-refractivity contribution in [3.63, 3.8) is 0 Å². The largest absolute Gasteiger partial charge is 0.465 e. The molecule has 0 spiro atoms. The fourth-order valence-corrected chi connectivity index (χ4v) is 6.11. The average Bonchev–Trinajstić information content (AvgIpc) is 3.71. The van der Waals surface area contributed by atoms with Crippen LogP contribution in [-0.2, 0) is 14.3 Å². The smallest absolute Gasteiger partial charge is 0.338 e. The van der Waals surface area contributed by atoms with Crippen LogP contribution in [0.2, 0.25) is 0 Å². The Bertz CT molecular complexity index is 1960. The molecule has 0 bridgehead atoms. The van der Waals surface area contributed by atoms with Crippen molar-refractivity contribution in [1.29, 1.82) is 0 Å². The summed E-state index contributed by atoms with van der Waals surface area (Å²) >= 11 is 1.20. The maximum Gasteiger partial charge on any atom is 0.338 e. The van der Waals surface area contributed by atoms with Crippen LogP contribution in [0.5, 0.6) is 11.5 Å². The van der Waals surface area contributed by atoms with Gasteiger partial charge in [0.1, 0.15) is 11.5 Å². The Morgan fingerprint density at radius 3 is 2.64 bits per heavy atom. The first-order valence-corrected chi connectivity index (χ1v) is 14.0. The molecule has 0 N–H and O–H groups in total. The lowest BCUT2D eigenvalue weighted by Crippen LogP contribution is -2.39. The van der Waals surface area contributed by atoms with Crippen molar-refractivity contribution in [2.24, 2.45) is 4.99 Å². The quantitative estimate of drug-likeness (QED) is 0.313. The lowest BCUT2D eigenvalue weighted by Gasteiger charge is -2.24. The van der Waals surface area contributed by atoms with Gasteiger partial charge in [-0.1, -0.05) is 23.5 Å². The monoisotopic (exact) mass is 586 g/mol. The molecule has 6 rings (SSSR count). The third-order valence-electron chi connectivity index (χ3n) is 7.04. The number of methoxy groups -OCH3 is 1. The number of nitrogens with zero attached hydrogens (tertiary/aromatic N) is 2. The van der Waals surface area contributed by atoms with Crippen molar-refractivity contribution in [2.75, 3.05) is 20.5 Å². The molecule has 0 unspecified atom stereocenters. The normalized spacial score (nSPS) is 15.8. The maximum absolute atomic E-state index is 13.9. The first kappa shape index (κ1) is 27.3. The number of benzene rings is 2. The number of aryl methyl sites for hydroxylation is 1. The van der Waals surface area contributed by atoms with Gasteiger partial charge in [0, 0.05) is 11.6 Å². The van der Waals surface area contributed by atoms with E-state index in [2.05, 4.69) is 4.99 Å². The number of allylic oxidation sites excluding steroid dienone is 1. The Balaban J connectivity index is 1.43. The van der Waals surface area contributed by atoms with Gasteiger partial charge in [0.25, 0.3) is 5.56 Å². The summed E-state index contributed by atoms with van der Waals surface area (Å²) in [7, 11) is 1.34. The second kappa shape index (κ2) is 10.8. The van der Waals surface area contributed by atoms with Gasteiger partial charge in [-0.2, -0.15) is 0 Å². The second-order valence-electron chi connectivity index (χ2n) is 9.64. The molecule has 42 heavy (non-hydrogen) atoms. The molecule has 4 heterocycles. The number of thiazole rings is 1. The zero-order valence-corrected chi connectivity index (χ0v) is 24.1. The SMILES string of the molecule is CCOC(=O)C1=C(C)N=c2s/c(=C/c3ccc(-c4ccc(C(=O)OC)cc4C)o3)c(=O)n2[C@@H]1c1ccc2c(c1)OCO2. The molecule has 0 fully saturated rings. The number of carbonyl (C=O) groups excluding carboxylic acids is 2. The molecule has 2 aliphatic heterocycles. The van der Waals surface area contributed by atoms with Gasteiger partial charge in [0.05, 0.1) is 41.1 Å². The van der Waals surface area contributed by atoms with E-state index in [0.717, 1.165) is 11.1 Å². The van der Waals surface area contributed by atoms with E-state index in [9.17, 15) is 14.4 Å². The Morgan fingerprint density at radius 1 is 1.07 bits per heavy atom. The zero-order chi connectivity index (χ0) is 29.5. The number of fused-ring (bicyclic) bond motifs is 2. The average molecular weight is 587 g/mol. The molecule has 11 heteroatoms. The molecule has 0 radical (unpaired) electrons. The summed E-state index contributed by atoms with van der Waals surface area (Å²) in [5, 5.41) is 0. The summed E-state index contributed by atoms with van der Waals surface area (Å²) in [5.74, 6) is 1.22. The maximum atomic E-state index is 13.9. The molecule has 1 atom stereocenters. The summed E-state index contributed by atoms with van der Waals surface area (Å²) < 4.78 is 29.2. The molecule has 2 aliphatic rings. The molecule has 0 saturated heterocycles. The van der Waals surface area contributed by atoms with Gasteiger partial charge in [0.15, 0.2) is 16.3 Å². The van der Waals surface area contributed by atoms with Crippen LogP contribution in [0.15, 0.2) is 74.0 Å². The topological polar surface area (TPSA) is 119 Å². The third-order valence-corrected chi connectivity index (χ3v) is 8.03. The first-order valence-electron chi connectivity index (χ1n) is 13.2. The molecule has 214 valence electrons. The van der Waals surface area contributed by atoms with E-state index in [0.29, 0.717) is 49.2 Å². The number of hydrogen-bond donors (Lipinski definition) is 0. The number of ether oxygens (including phenoxy) is 4. The molecule has 4 aromatic rings. The minimum Gasteiger partial charge on any atom is -0.465 e. The fraction of sp³-hybridized carbons (Fsp3) is 0.226. The standard InChI is InChI=1S/C31H26N2O8S/c1-5-38-30(36)26-17(3)32-31-33(27(26)18-7-10-23-24(13-18)40-15-39-23)28(34)25(42-31)14-20-8-11-22(41-20)21-9-6-19(12-16(21)2)29(35)37-4/h6-14,27H,5,15H2,1-4H3/b25-14+/t27-/m1/s1. The van der Waals surface area contributed by atoms with Crippen molar-refractivity contribution in [2.45, 2.75) is 26.8 Å². The highest BCUT2D eigenvalue weighted by Gasteiger charge is 2.34. The van der Waals surface area contributed by atoms with Crippen LogP contribution in [0, 0.1) is 6.92 Å². The Labute approximate surface area is 243 Å². The number of hydrogen-bond acceptors (Lipinski definition) is 10. The number of carbonyl (C=O) groups is 2. The Hall–Kier alpha value is -4.90. The molecule has 2 aromatic heterocycles. The number of rotatable bonds is 6. The molecule has 0 saturated carbocycles. The highest BCUT2D eigenvalue weighted by Crippen LogP contribution is 2.38. The van der Waals surface area contributed by atoms with Crippen LogP contribution in [0.1, 0.15) is 47.1 Å². The fourth-order valence-electron chi connectivity index (χ4n) is 5.08. The van der Waals surface area contributed by atoms with E-state index in [4.69, 9.17) is 23.4 Å². The molecule has 0 aliphatic carbocycles. The lowest BCUT2D eigenvalue weighted by atomic mass is 9.95. The van der Waals surface area contributed by atoms with Gasteiger partial charge in [-0.25, -0.2) is 14.6 Å². The van der Waals surface area contributed by atoms with Crippen LogP contribution < -0.4 is 24.4 Å². The van der Waals surface area contributed by atoms with E-state index >= 15 is 0 Å². The summed E-state index contributed by atoms with van der Waals surface area (Å²) in [6.07, 6.45) is 1.66. The van der Waals surface area contributed by atoms with Crippen molar-refractivity contribution >= 4 is 29.4 Å². The van der Waals surface area contributed by atoms with E-state index in [1.54, 1.807) is 62.4 Å². The second-order valence-corrected chi connectivity index (χ2v) is 10.6. The van der Waals surface area contributed by atoms with Gasteiger partial charge in [0.2, 0.25) is 6.79 Å². The predicted molar refractivity (Wildman–Crippen MR) is 153 cm³/mol. The highest BCUT2D eigenvalue weighted by molar-refractivity contribution is 7.07. The molecular formula is C31H26N2O8S. The van der Waals surface area contributed by atoms with E-state index < -0.39 is 18.0 Å². The minimum atomic E-state index is -0.778. The molecular weight excluding hydrogens is 560 g/mol. The van der Waals surface area contributed by atoms with Crippen LogP contribution in [0.3, 0.4) is 0 Å². The van der Waals surface area contributed by atoms with Gasteiger partial charge in [-0.3, -0.25) is 9.36 Å². The van der Waals surface area contributed by atoms with Crippen molar-refractivity contribution in [3.05, 3.63) is 102 Å². The number of esters is 2. The van der Waals surface area contributed by atoms with Gasteiger partial charge >= 0.3 is 11.9 Å². The van der Waals surface area contributed by atoms with Gasteiger partial charge in [-0.15, -0.1) is 0 Å². The molecule has 10 nitrogen and oxygen atoms in total. The zero-order valence-electron chi connectivity index (χ0n) is 23.3. The van der Waals surface area contributed by atoms with Crippen LogP contribution >= 0.6 is 11.3 Å². The minimum absolute atomic E-state index is 0.0984. The lowest BCUT2D eigenvalue weighted by molar-refractivity contribution is -0.139. The van der Waals surface area contributed by atoms with Crippen molar-refractivity contribution in [1.82, 2.24) is 4.57 Å². The molecule has 0 amide bonds. The summed E-state index contributed by atoms with van der Waals surface area (Å²) in [5.41, 5.74) is 3.17. The summed E-state index contributed by atoms with van der Waals surface area (Å²) in [4.78, 5) is 44.0. The summed E-state index contributed by atoms with van der Waals surface area (Å²) in [6.45, 7) is 5.61. The predicted octanol–water partition coefficient (Wildman–Crippen LogP) is 3.88. The van der Waals surface area contributed by atoms with Crippen molar-refractivity contribution < 1.29 is 33.0 Å². The highest BCUT2D eigenvalue weighted by atomic mass is 32.1. The van der Waals surface area contributed by atoms with E-state index in [1.165, 1.54) is 23.0 Å². The van der Waals surface area contributed by atoms with Gasteiger partial charge in [-0.05, 0) is 68.3 Å². The molecule has 2 aromatic carbocycles. The van der Waals surface area contributed by atoms with Crippen molar-refractivity contribution in [3.8, 4) is 22.8 Å². The van der Waals surface area contributed by atoms with Crippen LogP contribution in [0.25, 0.3) is 17.4 Å². The summed E-state index contributed by atoms with van der Waals surface area (Å²) in [6, 6.07) is 13.3. The van der Waals surface area contributed by atoms with Crippen LogP contribution in [-0.4, -0.2) is 37.0 Å². The van der Waals surface area contributed by atoms with Crippen LogP contribution in [0.4, 0.5) is 0 Å². The first-order chi connectivity index (χ1) is 20.3. The van der Waals surface area contributed by atoms with Gasteiger partial charge < -0.3 is 23.4 Å². The van der Waals surface area contributed by atoms with E-state index in [1.807, 2.05) is 13.0 Å². The number of furan rings is 1. The Kier molecular flexibility index (Phi) is 7.03. The number of aromatic nitrogens is 1. The Morgan fingerprint density at radius 2 is 1.88 bits per heavy atom.